The molecule has 5 nitrogen and oxygen atoms in total. The van der Waals surface area contributed by atoms with Crippen molar-refractivity contribution in [3.8, 4) is 10.8 Å². The number of aromatic nitrogens is 1. The third-order valence-electron chi connectivity index (χ3n) is 4.13. The molecule has 1 fully saturated rings. The molecular formula is C15H17NO4S. The molecule has 1 saturated heterocycles. The SMILES string of the molecule is CC1OC(C)C(c2oc(-c3cccs3)nc2C(=O)O)C1C. The normalized spacial score (nSPS) is 28.9. The Balaban J connectivity index is 2.07. The van der Waals surface area contributed by atoms with Gasteiger partial charge in [0, 0.05) is 0 Å². The Kier molecular flexibility index (Phi) is 3.59. The molecule has 4 atom stereocenters. The van der Waals surface area contributed by atoms with Crippen molar-refractivity contribution in [1.82, 2.24) is 4.98 Å². The molecule has 0 bridgehead atoms. The number of oxazole rings is 1. The molecule has 0 amide bonds. The van der Waals surface area contributed by atoms with Gasteiger partial charge in [0.2, 0.25) is 5.89 Å². The predicted octanol–water partition coefficient (Wildman–Crippen LogP) is 3.63. The quantitative estimate of drug-likeness (QED) is 0.937. The maximum Gasteiger partial charge on any atom is 0.358 e. The van der Waals surface area contributed by atoms with Crippen molar-refractivity contribution in [1.29, 1.82) is 0 Å². The van der Waals surface area contributed by atoms with Crippen LogP contribution >= 0.6 is 11.3 Å². The van der Waals surface area contributed by atoms with E-state index in [1.807, 2.05) is 31.4 Å². The molecule has 0 spiro atoms. The lowest BCUT2D eigenvalue weighted by Gasteiger charge is -2.15. The molecule has 3 heterocycles. The van der Waals surface area contributed by atoms with E-state index in [4.69, 9.17) is 9.15 Å². The maximum atomic E-state index is 11.5. The van der Waals surface area contributed by atoms with Crippen LogP contribution in [0, 0.1) is 5.92 Å². The Bertz CT molecular complexity index is 649. The van der Waals surface area contributed by atoms with Gasteiger partial charge in [0.15, 0.2) is 5.69 Å². The van der Waals surface area contributed by atoms with Crippen LogP contribution in [0.15, 0.2) is 21.9 Å². The maximum absolute atomic E-state index is 11.5. The number of hydrogen-bond donors (Lipinski definition) is 1. The monoisotopic (exact) mass is 307 g/mol. The van der Waals surface area contributed by atoms with E-state index in [2.05, 4.69) is 11.9 Å². The summed E-state index contributed by atoms with van der Waals surface area (Å²) in [6, 6.07) is 3.75. The topological polar surface area (TPSA) is 72.6 Å². The number of ether oxygens (including phenoxy) is 1. The van der Waals surface area contributed by atoms with Crippen LogP contribution in [0.5, 0.6) is 0 Å². The number of aromatic carboxylic acids is 1. The van der Waals surface area contributed by atoms with Gasteiger partial charge in [-0.05, 0) is 31.2 Å². The Morgan fingerprint density at radius 1 is 1.33 bits per heavy atom. The van der Waals surface area contributed by atoms with Crippen molar-refractivity contribution in [3.05, 3.63) is 29.0 Å². The molecule has 2 aromatic heterocycles. The van der Waals surface area contributed by atoms with E-state index >= 15 is 0 Å². The number of carboxylic acids is 1. The van der Waals surface area contributed by atoms with Gasteiger partial charge in [0.05, 0.1) is 23.0 Å². The average Bonchev–Trinajstić information content (AvgIpc) is 3.10. The van der Waals surface area contributed by atoms with E-state index in [0.29, 0.717) is 11.7 Å². The summed E-state index contributed by atoms with van der Waals surface area (Å²) in [6.45, 7) is 6.00. The summed E-state index contributed by atoms with van der Waals surface area (Å²) in [4.78, 5) is 16.5. The van der Waals surface area contributed by atoms with Gasteiger partial charge in [0.25, 0.3) is 0 Å². The second-order valence-corrected chi connectivity index (χ2v) is 6.39. The Labute approximate surface area is 126 Å². The third kappa shape index (κ3) is 2.38. The summed E-state index contributed by atoms with van der Waals surface area (Å²) in [7, 11) is 0. The summed E-state index contributed by atoms with van der Waals surface area (Å²) in [5.74, 6) is -0.170. The van der Waals surface area contributed by atoms with E-state index < -0.39 is 5.97 Å². The standard InChI is InChI=1S/C15H17NO4S/c1-7-8(2)19-9(3)11(7)13-12(15(17)18)16-14(20-13)10-5-4-6-21-10/h4-9,11H,1-3H3,(H,17,18). The van der Waals surface area contributed by atoms with Gasteiger partial charge in [-0.1, -0.05) is 13.0 Å². The largest absolute Gasteiger partial charge is 0.476 e. The molecule has 1 N–H and O–H groups in total. The lowest BCUT2D eigenvalue weighted by Crippen LogP contribution is -2.17. The first kappa shape index (κ1) is 14.3. The zero-order valence-electron chi connectivity index (χ0n) is 12.1. The Morgan fingerprint density at radius 2 is 2.10 bits per heavy atom. The van der Waals surface area contributed by atoms with Crippen molar-refractivity contribution in [2.45, 2.75) is 38.9 Å². The molecule has 1 aliphatic heterocycles. The molecule has 21 heavy (non-hydrogen) atoms. The van der Waals surface area contributed by atoms with Crippen LogP contribution in [0.1, 0.15) is 42.9 Å². The molecule has 112 valence electrons. The van der Waals surface area contributed by atoms with Gasteiger partial charge in [-0.15, -0.1) is 11.3 Å². The van der Waals surface area contributed by atoms with Crippen molar-refractivity contribution in [2.24, 2.45) is 5.92 Å². The number of thiophene rings is 1. The number of carbonyl (C=O) groups is 1. The van der Waals surface area contributed by atoms with Gasteiger partial charge in [-0.25, -0.2) is 9.78 Å². The van der Waals surface area contributed by atoms with Crippen molar-refractivity contribution in [3.63, 3.8) is 0 Å². The molecule has 4 unspecified atom stereocenters. The number of hydrogen-bond acceptors (Lipinski definition) is 5. The second-order valence-electron chi connectivity index (χ2n) is 5.45. The van der Waals surface area contributed by atoms with E-state index in [1.165, 1.54) is 11.3 Å². The molecule has 0 aromatic carbocycles. The van der Waals surface area contributed by atoms with Gasteiger partial charge in [-0.3, -0.25) is 0 Å². The smallest absolute Gasteiger partial charge is 0.358 e. The van der Waals surface area contributed by atoms with Crippen molar-refractivity contribution < 1.29 is 19.1 Å². The summed E-state index contributed by atoms with van der Waals surface area (Å²) >= 11 is 1.47. The summed E-state index contributed by atoms with van der Waals surface area (Å²) in [6.07, 6.45) is -0.0147. The van der Waals surface area contributed by atoms with Crippen LogP contribution in [0.4, 0.5) is 0 Å². The molecule has 0 aliphatic carbocycles. The number of rotatable bonds is 3. The second kappa shape index (κ2) is 5.27. The summed E-state index contributed by atoms with van der Waals surface area (Å²) < 4.78 is 11.6. The highest BCUT2D eigenvalue weighted by molar-refractivity contribution is 7.13. The lowest BCUT2D eigenvalue weighted by atomic mass is 9.86. The van der Waals surface area contributed by atoms with Crippen molar-refractivity contribution in [2.75, 3.05) is 0 Å². The first-order chi connectivity index (χ1) is 9.99. The molecule has 2 aromatic rings. The fourth-order valence-corrected chi connectivity index (χ4v) is 3.58. The van der Waals surface area contributed by atoms with Crippen LogP contribution in [-0.4, -0.2) is 28.3 Å². The van der Waals surface area contributed by atoms with Crippen molar-refractivity contribution >= 4 is 17.3 Å². The van der Waals surface area contributed by atoms with Crippen LogP contribution in [0.25, 0.3) is 10.8 Å². The summed E-state index contributed by atoms with van der Waals surface area (Å²) in [5.41, 5.74) is -0.000185. The van der Waals surface area contributed by atoms with Gasteiger partial charge < -0.3 is 14.3 Å². The van der Waals surface area contributed by atoms with E-state index in [9.17, 15) is 9.90 Å². The molecule has 6 heteroatoms. The fourth-order valence-electron chi connectivity index (χ4n) is 2.94. The van der Waals surface area contributed by atoms with Gasteiger partial charge >= 0.3 is 5.97 Å². The number of carboxylic acid groups (broad SMARTS) is 1. The Morgan fingerprint density at radius 3 is 2.62 bits per heavy atom. The minimum Gasteiger partial charge on any atom is -0.476 e. The predicted molar refractivity (Wildman–Crippen MR) is 78.7 cm³/mol. The highest BCUT2D eigenvalue weighted by Gasteiger charge is 2.43. The van der Waals surface area contributed by atoms with Crippen LogP contribution in [0.3, 0.4) is 0 Å². The van der Waals surface area contributed by atoms with Crippen LogP contribution < -0.4 is 0 Å². The molecule has 1 aliphatic rings. The minimum absolute atomic E-state index is 0.000185. The highest BCUT2D eigenvalue weighted by Crippen LogP contribution is 2.42. The average molecular weight is 307 g/mol. The molecule has 0 saturated carbocycles. The fraction of sp³-hybridized carbons (Fsp3) is 0.467. The molecule has 3 rings (SSSR count). The van der Waals surface area contributed by atoms with E-state index in [1.54, 1.807) is 0 Å². The lowest BCUT2D eigenvalue weighted by molar-refractivity contribution is 0.0546. The molecule has 0 radical (unpaired) electrons. The van der Waals surface area contributed by atoms with E-state index in [-0.39, 0.29) is 29.7 Å². The zero-order valence-corrected chi connectivity index (χ0v) is 12.9. The highest BCUT2D eigenvalue weighted by atomic mass is 32.1. The van der Waals surface area contributed by atoms with Crippen LogP contribution in [-0.2, 0) is 4.74 Å². The van der Waals surface area contributed by atoms with Gasteiger partial charge in [-0.2, -0.15) is 0 Å². The first-order valence-electron chi connectivity index (χ1n) is 6.92. The minimum atomic E-state index is -1.06. The number of nitrogens with zero attached hydrogens (tertiary/aromatic N) is 1. The molecular weight excluding hydrogens is 290 g/mol. The first-order valence-corrected chi connectivity index (χ1v) is 7.80. The van der Waals surface area contributed by atoms with Crippen LogP contribution in [0.2, 0.25) is 0 Å². The van der Waals surface area contributed by atoms with Gasteiger partial charge in [0.1, 0.15) is 5.76 Å². The third-order valence-corrected chi connectivity index (χ3v) is 4.99. The van der Waals surface area contributed by atoms with E-state index in [0.717, 1.165) is 4.88 Å². The zero-order chi connectivity index (χ0) is 15.1. The summed E-state index contributed by atoms with van der Waals surface area (Å²) in [5, 5.41) is 11.3. The Hall–Kier alpha value is -1.66.